The van der Waals surface area contributed by atoms with Crippen LogP contribution in [0.5, 0.6) is 0 Å². The Hall–Kier alpha value is -1.51. The Labute approximate surface area is 86.0 Å². The van der Waals surface area contributed by atoms with Crippen LogP contribution in [-0.4, -0.2) is 18.3 Å². The molecule has 80 valence electrons. The van der Waals surface area contributed by atoms with Crippen molar-refractivity contribution in [1.82, 2.24) is 5.32 Å². The van der Waals surface area contributed by atoms with Gasteiger partial charge in [0.2, 0.25) is 0 Å². The maximum atomic E-state index is 13.2. The minimum absolute atomic E-state index is 0.0500. The third-order valence-electron chi connectivity index (χ3n) is 1.86. The number of aliphatic hydroxyl groups excluding tert-OH is 1. The van der Waals surface area contributed by atoms with E-state index in [1.54, 1.807) is 6.07 Å². The van der Waals surface area contributed by atoms with E-state index in [-0.39, 0.29) is 18.7 Å². The standard InChI is InChI=1S/C10H10F2N2O/c11-7-1-2-9(12)8(5-7)10(6-13)14-3-4-15/h1-2,5,10,14-15H,3-4H2. The Morgan fingerprint density at radius 1 is 1.47 bits per heavy atom. The first-order valence-electron chi connectivity index (χ1n) is 4.38. The van der Waals surface area contributed by atoms with Gasteiger partial charge in [-0.2, -0.15) is 5.26 Å². The van der Waals surface area contributed by atoms with Gasteiger partial charge in [0.1, 0.15) is 17.7 Å². The number of benzene rings is 1. The van der Waals surface area contributed by atoms with Gasteiger partial charge in [-0.05, 0) is 18.2 Å². The molecule has 0 amide bonds. The highest BCUT2D eigenvalue weighted by molar-refractivity contribution is 5.26. The molecule has 2 N–H and O–H groups in total. The number of hydrogen-bond donors (Lipinski definition) is 2. The maximum Gasteiger partial charge on any atom is 0.129 e. The number of nitrogens with one attached hydrogen (secondary N) is 1. The minimum Gasteiger partial charge on any atom is -0.395 e. The Bertz CT molecular complexity index is 376. The van der Waals surface area contributed by atoms with E-state index < -0.39 is 17.7 Å². The molecule has 1 unspecified atom stereocenters. The predicted octanol–water partition coefficient (Wildman–Crippen LogP) is 1.11. The fourth-order valence-electron chi connectivity index (χ4n) is 1.17. The third-order valence-corrected chi connectivity index (χ3v) is 1.86. The van der Waals surface area contributed by atoms with Crippen molar-refractivity contribution in [2.45, 2.75) is 6.04 Å². The first-order chi connectivity index (χ1) is 7.19. The second kappa shape index (κ2) is 5.39. The Balaban J connectivity index is 2.91. The van der Waals surface area contributed by atoms with Crippen molar-refractivity contribution in [2.24, 2.45) is 0 Å². The van der Waals surface area contributed by atoms with Crippen LogP contribution in [0, 0.1) is 23.0 Å². The number of nitriles is 1. The van der Waals surface area contributed by atoms with E-state index in [2.05, 4.69) is 5.32 Å². The molecule has 15 heavy (non-hydrogen) atoms. The summed E-state index contributed by atoms with van der Waals surface area (Å²) in [5.74, 6) is -1.24. The van der Waals surface area contributed by atoms with Gasteiger partial charge in [-0.1, -0.05) is 0 Å². The van der Waals surface area contributed by atoms with E-state index in [0.717, 1.165) is 18.2 Å². The smallest absolute Gasteiger partial charge is 0.129 e. The topological polar surface area (TPSA) is 56.0 Å². The lowest BCUT2D eigenvalue weighted by Gasteiger charge is -2.11. The van der Waals surface area contributed by atoms with Crippen molar-refractivity contribution in [3.05, 3.63) is 35.4 Å². The fraction of sp³-hybridized carbons (Fsp3) is 0.300. The summed E-state index contributed by atoms with van der Waals surface area (Å²) in [6.45, 7) is -0.0245. The summed E-state index contributed by atoms with van der Waals surface area (Å²) in [6.07, 6.45) is 0. The molecule has 0 bridgehead atoms. The van der Waals surface area contributed by atoms with Crippen molar-refractivity contribution in [1.29, 1.82) is 5.26 Å². The summed E-state index contributed by atoms with van der Waals surface area (Å²) >= 11 is 0. The van der Waals surface area contributed by atoms with Gasteiger partial charge in [-0.15, -0.1) is 0 Å². The van der Waals surface area contributed by atoms with Gasteiger partial charge in [0.05, 0.1) is 12.7 Å². The maximum absolute atomic E-state index is 13.2. The van der Waals surface area contributed by atoms with Gasteiger partial charge < -0.3 is 5.11 Å². The van der Waals surface area contributed by atoms with Crippen molar-refractivity contribution in [2.75, 3.05) is 13.2 Å². The second-order valence-electron chi connectivity index (χ2n) is 2.91. The van der Waals surface area contributed by atoms with Crippen molar-refractivity contribution >= 4 is 0 Å². The number of halogens is 2. The molecule has 0 spiro atoms. The zero-order valence-corrected chi connectivity index (χ0v) is 7.87. The molecular weight excluding hydrogens is 202 g/mol. The summed E-state index contributed by atoms with van der Waals surface area (Å²) < 4.78 is 26.0. The van der Waals surface area contributed by atoms with Crippen LogP contribution in [0.3, 0.4) is 0 Å². The minimum atomic E-state index is -0.951. The molecule has 0 heterocycles. The molecule has 0 fully saturated rings. The van der Waals surface area contributed by atoms with Crippen molar-refractivity contribution in [3.8, 4) is 6.07 Å². The average Bonchev–Trinajstić information content (AvgIpc) is 2.24. The van der Waals surface area contributed by atoms with Crippen LogP contribution in [0.2, 0.25) is 0 Å². The first-order valence-corrected chi connectivity index (χ1v) is 4.38. The molecule has 0 aliphatic carbocycles. The molecule has 0 aromatic heterocycles. The lowest BCUT2D eigenvalue weighted by atomic mass is 10.1. The van der Waals surface area contributed by atoms with Gasteiger partial charge in [0, 0.05) is 12.1 Å². The zero-order valence-electron chi connectivity index (χ0n) is 7.87. The molecule has 3 nitrogen and oxygen atoms in total. The van der Waals surface area contributed by atoms with Gasteiger partial charge in [-0.25, -0.2) is 8.78 Å². The summed E-state index contributed by atoms with van der Waals surface area (Å²) in [5, 5.41) is 19.9. The van der Waals surface area contributed by atoms with E-state index in [1.807, 2.05) is 0 Å². The molecule has 0 radical (unpaired) electrons. The molecular formula is C10H10F2N2O. The summed E-state index contributed by atoms with van der Waals surface area (Å²) in [4.78, 5) is 0. The summed E-state index contributed by atoms with van der Waals surface area (Å²) in [6, 6.07) is 3.76. The van der Waals surface area contributed by atoms with Crippen LogP contribution in [0.15, 0.2) is 18.2 Å². The van der Waals surface area contributed by atoms with E-state index >= 15 is 0 Å². The number of nitrogens with zero attached hydrogens (tertiary/aromatic N) is 1. The Kier molecular flexibility index (Phi) is 4.16. The van der Waals surface area contributed by atoms with Crippen LogP contribution in [0.1, 0.15) is 11.6 Å². The fourth-order valence-corrected chi connectivity index (χ4v) is 1.17. The van der Waals surface area contributed by atoms with Gasteiger partial charge >= 0.3 is 0 Å². The first kappa shape index (κ1) is 11.6. The van der Waals surface area contributed by atoms with Gasteiger partial charge in [-0.3, -0.25) is 5.32 Å². The van der Waals surface area contributed by atoms with E-state index in [0.29, 0.717) is 0 Å². The molecule has 0 saturated heterocycles. The quantitative estimate of drug-likeness (QED) is 0.786. The van der Waals surface area contributed by atoms with Crippen LogP contribution < -0.4 is 5.32 Å². The van der Waals surface area contributed by atoms with E-state index in [4.69, 9.17) is 10.4 Å². The van der Waals surface area contributed by atoms with E-state index in [9.17, 15) is 8.78 Å². The van der Waals surface area contributed by atoms with Crippen LogP contribution in [0.4, 0.5) is 8.78 Å². The lowest BCUT2D eigenvalue weighted by molar-refractivity contribution is 0.288. The summed E-state index contributed by atoms with van der Waals surface area (Å²) in [5.41, 5.74) is -0.0500. The Morgan fingerprint density at radius 2 is 2.20 bits per heavy atom. The molecule has 1 aromatic rings. The average molecular weight is 212 g/mol. The number of aliphatic hydroxyl groups is 1. The highest BCUT2D eigenvalue weighted by atomic mass is 19.1. The van der Waals surface area contributed by atoms with Crippen LogP contribution in [0.25, 0.3) is 0 Å². The highest BCUT2D eigenvalue weighted by Gasteiger charge is 2.14. The van der Waals surface area contributed by atoms with Crippen molar-refractivity contribution < 1.29 is 13.9 Å². The van der Waals surface area contributed by atoms with E-state index in [1.165, 1.54) is 0 Å². The monoisotopic (exact) mass is 212 g/mol. The van der Waals surface area contributed by atoms with Gasteiger partial charge in [0.25, 0.3) is 0 Å². The molecule has 0 aliphatic heterocycles. The zero-order chi connectivity index (χ0) is 11.3. The largest absolute Gasteiger partial charge is 0.395 e. The normalized spacial score (nSPS) is 12.1. The van der Waals surface area contributed by atoms with Crippen LogP contribution >= 0.6 is 0 Å². The SMILES string of the molecule is N#CC(NCCO)c1cc(F)ccc1F. The molecule has 5 heteroatoms. The highest BCUT2D eigenvalue weighted by Crippen LogP contribution is 2.17. The molecule has 1 rings (SSSR count). The van der Waals surface area contributed by atoms with Gasteiger partial charge in [0.15, 0.2) is 0 Å². The Morgan fingerprint density at radius 3 is 2.80 bits per heavy atom. The number of rotatable bonds is 4. The third kappa shape index (κ3) is 2.98. The van der Waals surface area contributed by atoms with Crippen LogP contribution in [-0.2, 0) is 0 Å². The summed E-state index contributed by atoms with van der Waals surface area (Å²) in [7, 11) is 0. The second-order valence-corrected chi connectivity index (χ2v) is 2.91. The predicted molar refractivity (Wildman–Crippen MR) is 49.8 cm³/mol. The van der Waals surface area contributed by atoms with Crippen molar-refractivity contribution in [3.63, 3.8) is 0 Å². The molecule has 1 aromatic carbocycles. The molecule has 1 atom stereocenters. The lowest BCUT2D eigenvalue weighted by Crippen LogP contribution is -2.24. The molecule has 0 saturated carbocycles. The molecule has 0 aliphatic rings. The number of hydrogen-bond acceptors (Lipinski definition) is 3.